The van der Waals surface area contributed by atoms with Gasteiger partial charge in [-0.05, 0) is 37.8 Å². The normalized spacial score (nSPS) is 13.6. The van der Waals surface area contributed by atoms with Crippen LogP contribution in [0.15, 0.2) is 0 Å². The van der Waals surface area contributed by atoms with Crippen molar-refractivity contribution in [3.05, 3.63) is 0 Å². The molecule has 0 radical (unpaired) electrons. The van der Waals surface area contributed by atoms with Crippen molar-refractivity contribution in [2.75, 3.05) is 32.7 Å². The van der Waals surface area contributed by atoms with Crippen molar-refractivity contribution in [2.45, 2.75) is 53.9 Å². The Morgan fingerprint density at radius 1 is 1.06 bits per heavy atom. The molecule has 0 aromatic heterocycles. The molecule has 0 fully saturated rings. The molecule has 1 N–H and O–H groups in total. The highest BCUT2D eigenvalue weighted by molar-refractivity contribution is 4.62. The third-order valence-corrected chi connectivity index (χ3v) is 3.45. The summed E-state index contributed by atoms with van der Waals surface area (Å²) in [5.74, 6) is 1.67. The Labute approximate surface area is 109 Å². The average Bonchev–Trinajstić information content (AvgIpc) is 2.31. The standard InChI is InChI=1S/C15H34N2/c1-6-15(5)13-17(7-2)12-11-16-10-8-9-14(3)4/h14-16H,6-13H2,1-5H3. The van der Waals surface area contributed by atoms with Gasteiger partial charge < -0.3 is 10.2 Å². The van der Waals surface area contributed by atoms with Gasteiger partial charge in [0.2, 0.25) is 0 Å². The van der Waals surface area contributed by atoms with Crippen molar-refractivity contribution in [1.29, 1.82) is 0 Å². The van der Waals surface area contributed by atoms with Gasteiger partial charge in [0.05, 0.1) is 0 Å². The van der Waals surface area contributed by atoms with E-state index < -0.39 is 0 Å². The Hall–Kier alpha value is -0.0800. The zero-order valence-corrected chi connectivity index (χ0v) is 12.8. The lowest BCUT2D eigenvalue weighted by Crippen LogP contribution is -2.35. The molecule has 0 heterocycles. The minimum atomic E-state index is 0.830. The molecule has 0 saturated heterocycles. The van der Waals surface area contributed by atoms with E-state index in [0.29, 0.717) is 0 Å². The molecule has 17 heavy (non-hydrogen) atoms. The Morgan fingerprint density at radius 3 is 2.29 bits per heavy atom. The molecule has 0 aromatic rings. The molecule has 1 atom stereocenters. The fraction of sp³-hybridized carbons (Fsp3) is 1.00. The molecule has 0 aliphatic rings. The summed E-state index contributed by atoms with van der Waals surface area (Å²) in [6.07, 6.45) is 3.95. The average molecular weight is 242 g/mol. The second-order valence-electron chi connectivity index (χ2n) is 5.69. The number of hydrogen-bond donors (Lipinski definition) is 1. The topological polar surface area (TPSA) is 15.3 Å². The maximum atomic E-state index is 3.56. The van der Waals surface area contributed by atoms with E-state index in [1.807, 2.05) is 0 Å². The lowest BCUT2D eigenvalue weighted by Gasteiger charge is -2.23. The van der Waals surface area contributed by atoms with E-state index in [1.165, 1.54) is 45.4 Å². The Bertz CT molecular complexity index is 157. The van der Waals surface area contributed by atoms with Crippen molar-refractivity contribution in [2.24, 2.45) is 11.8 Å². The smallest absolute Gasteiger partial charge is 0.0107 e. The molecular weight excluding hydrogens is 208 g/mol. The summed E-state index contributed by atoms with van der Waals surface area (Å²) in [4.78, 5) is 2.56. The molecule has 2 nitrogen and oxygen atoms in total. The molecular formula is C15H34N2. The van der Waals surface area contributed by atoms with Crippen LogP contribution in [-0.2, 0) is 0 Å². The number of nitrogens with one attached hydrogen (secondary N) is 1. The predicted molar refractivity (Wildman–Crippen MR) is 78.5 cm³/mol. The maximum absolute atomic E-state index is 3.56. The van der Waals surface area contributed by atoms with Crippen molar-refractivity contribution in [1.82, 2.24) is 10.2 Å². The van der Waals surface area contributed by atoms with Crippen molar-refractivity contribution in [3.8, 4) is 0 Å². The first-order valence-corrected chi connectivity index (χ1v) is 7.53. The first kappa shape index (κ1) is 16.9. The molecule has 0 spiro atoms. The minimum absolute atomic E-state index is 0.830. The summed E-state index contributed by atoms with van der Waals surface area (Å²) in [6.45, 7) is 17.4. The van der Waals surface area contributed by atoms with E-state index in [2.05, 4.69) is 44.8 Å². The quantitative estimate of drug-likeness (QED) is 0.559. The van der Waals surface area contributed by atoms with Crippen LogP contribution in [0.25, 0.3) is 0 Å². The SMILES string of the molecule is CCC(C)CN(CC)CCNCCCC(C)C. The molecule has 2 heteroatoms. The summed E-state index contributed by atoms with van der Waals surface area (Å²) in [6, 6.07) is 0. The van der Waals surface area contributed by atoms with Crippen LogP contribution in [0.2, 0.25) is 0 Å². The van der Waals surface area contributed by atoms with Crippen LogP contribution in [0.4, 0.5) is 0 Å². The molecule has 0 rings (SSSR count). The van der Waals surface area contributed by atoms with Crippen LogP contribution in [0.3, 0.4) is 0 Å². The van der Waals surface area contributed by atoms with Gasteiger partial charge in [-0.2, -0.15) is 0 Å². The number of rotatable bonds is 11. The summed E-state index contributed by atoms with van der Waals surface area (Å²) in [7, 11) is 0. The molecule has 104 valence electrons. The van der Waals surface area contributed by atoms with Gasteiger partial charge in [-0.1, -0.05) is 41.0 Å². The number of hydrogen-bond acceptors (Lipinski definition) is 2. The third kappa shape index (κ3) is 10.8. The van der Waals surface area contributed by atoms with Gasteiger partial charge in [-0.25, -0.2) is 0 Å². The summed E-state index contributed by atoms with van der Waals surface area (Å²) in [5.41, 5.74) is 0. The van der Waals surface area contributed by atoms with Crippen molar-refractivity contribution in [3.63, 3.8) is 0 Å². The van der Waals surface area contributed by atoms with E-state index in [1.54, 1.807) is 0 Å². The van der Waals surface area contributed by atoms with Gasteiger partial charge in [0.25, 0.3) is 0 Å². The first-order chi connectivity index (χ1) is 8.10. The van der Waals surface area contributed by atoms with Gasteiger partial charge in [0.1, 0.15) is 0 Å². The third-order valence-electron chi connectivity index (χ3n) is 3.45. The van der Waals surface area contributed by atoms with Gasteiger partial charge in [-0.3, -0.25) is 0 Å². The van der Waals surface area contributed by atoms with Crippen LogP contribution in [-0.4, -0.2) is 37.6 Å². The Kier molecular flexibility index (Phi) is 11.0. The van der Waals surface area contributed by atoms with Crippen molar-refractivity contribution >= 4 is 0 Å². The Balaban J connectivity index is 3.43. The molecule has 0 aliphatic heterocycles. The van der Waals surface area contributed by atoms with E-state index >= 15 is 0 Å². The summed E-state index contributed by atoms with van der Waals surface area (Å²) < 4.78 is 0. The molecule has 0 aliphatic carbocycles. The second kappa shape index (κ2) is 11.0. The molecule has 0 saturated carbocycles. The fourth-order valence-corrected chi connectivity index (χ4v) is 1.95. The highest BCUT2D eigenvalue weighted by Crippen LogP contribution is 2.04. The highest BCUT2D eigenvalue weighted by Gasteiger charge is 2.06. The summed E-state index contributed by atoms with van der Waals surface area (Å²) >= 11 is 0. The van der Waals surface area contributed by atoms with E-state index in [-0.39, 0.29) is 0 Å². The lowest BCUT2D eigenvalue weighted by atomic mass is 10.1. The van der Waals surface area contributed by atoms with Crippen LogP contribution in [0, 0.1) is 11.8 Å². The monoisotopic (exact) mass is 242 g/mol. The largest absolute Gasteiger partial charge is 0.315 e. The van der Waals surface area contributed by atoms with Crippen LogP contribution >= 0.6 is 0 Å². The second-order valence-corrected chi connectivity index (χ2v) is 5.69. The van der Waals surface area contributed by atoms with Crippen LogP contribution < -0.4 is 5.32 Å². The first-order valence-electron chi connectivity index (χ1n) is 7.53. The molecule has 0 amide bonds. The van der Waals surface area contributed by atoms with Gasteiger partial charge in [-0.15, -0.1) is 0 Å². The van der Waals surface area contributed by atoms with Crippen LogP contribution in [0.1, 0.15) is 53.9 Å². The highest BCUT2D eigenvalue weighted by atomic mass is 15.1. The molecule has 0 bridgehead atoms. The zero-order chi connectivity index (χ0) is 13.1. The molecule has 1 unspecified atom stereocenters. The lowest BCUT2D eigenvalue weighted by molar-refractivity contribution is 0.245. The van der Waals surface area contributed by atoms with Gasteiger partial charge in [0.15, 0.2) is 0 Å². The Morgan fingerprint density at radius 2 is 1.76 bits per heavy atom. The summed E-state index contributed by atoms with van der Waals surface area (Å²) in [5, 5.41) is 3.56. The van der Waals surface area contributed by atoms with Crippen LogP contribution in [0.5, 0.6) is 0 Å². The van der Waals surface area contributed by atoms with E-state index in [9.17, 15) is 0 Å². The van der Waals surface area contributed by atoms with E-state index in [0.717, 1.165) is 18.4 Å². The number of likely N-dealkylation sites (N-methyl/N-ethyl adjacent to an activating group) is 1. The van der Waals surface area contributed by atoms with Crippen molar-refractivity contribution < 1.29 is 0 Å². The van der Waals surface area contributed by atoms with Gasteiger partial charge >= 0.3 is 0 Å². The fourth-order valence-electron chi connectivity index (χ4n) is 1.95. The molecule has 0 aromatic carbocycles. The maximum Gasteiger partial charge on any atom is 0.0107 e. The minimum Gasteiger partial charge on any atom is -0.315 e. The van der Waals surface area contributed by atoms with Gasteiger partial charge in [0, 0.05) is 19.6 Å². The number of nitrogens with zero attached hydrogens (tertiary/aromatic N) is 1. The zero-order valence-electron chi connectivity index (χ0n) is 12.8. The predicted octanol–water partition coefficient (Wildman–Crippen LogP) is 3.38. The van der Waals surface area contributed by atoms with E-state index in [4.69, 9.17) is 0 Å².